The maximum absolute atomic E-state index is 11.2. The highest BCUT2D eigenvalue weighted by molar-refractivity contribution is 5.86. The number of H-pyrrole nitrogens is 1. The third-order valence-corrected chi connectivity index (χ3v) is 6.01. The van der Waals surface area contributed by atoms with E-state index in [2.05, 4.69) is 41.1 Å². The van der Waals surface area contributed by atoms with Gasteiger partial charge in [0, 0.05) is 35.0 Å². The Kier molecular flexibility index (Phi) is 4.09. The molecule has 2 aliphatic heterocycles. The largest absolute Gasteiger partial charge is 0.481 e. The van der Waals surface area contributed by atoms with E-state index in [0.717, 1.165) is 19.4 Å². The van der Waals surface area contributed by atoms with Gasteiger partial charge in [-0.1, -0.05) is 31.5 Å². The van der Waals surface area contributed by atoms with Crippen molar-refractivity contribution in [2.24, 2.45) is 0 Å². The van der Waals surface area contributed by atoms with Crippen molar-refractivity contribution in [3.05, 3.63) is 35.5 Å². The third kappa shape index (κ3) is 2.44. The summed E-state index contributed by atoms with van der Waals surface area (Å²) in [5.41, 5.74) is 4.09. The second kappa shape index (κ2) is 6.25. The summed E-state index contributed by atoms with van der Waals surface area (Å²) < 4.78 is 0. The lowest BCUT2D eigenvalue weighted by Gasteiger charge is -2.48. The minimum Gasteiger partial charge on any atom is -0.481 e. The first-order chi connectivity index (χ1) is 11.7. The number of aromatic amines is 1. The summed E-state index contributed by atoms with van der Waals surface area (Å²) in [6.45, 7) is 3.34. The van der Waals surface area contributed by atoms with Crippen molar-refractivity contribution >= 4 is 16.9 Å². The van der Waals surface area contributed by atoms with Gasteiger partial charge in [0.25, 0.3) is 0 Å². The molecule has 1 aromatic carbocycles. The van der Waals surface area contributed by atoms with Gasteiger partial charge >= 0.3 is 5.97 Å². The fourth-order valence-corrected chi connectivity index (χ4v) is 5.05. The topological polar surface area (TPSA) is 56.3 Å². The molecule has 1 aromatic heterocycles. The fraction of sp³-hybridized carbons (Fsp3) is 0.550. The van der Waals surface area contributed by atoms with Crippen molar-refractivity contribution in [2.75, 3.05) is 6.54 Å². The van der Waals surface area contributed by atoms with Gasteiger partial charge in [-0.25, -0.2) is 0 Å². The van der Waals surface area contributed by atoms with E-state index >= 15 is 0 Å². The molecule has 4 rings (SSSR count). The molecule has 0 radical (unpaired) electrons. The number of rotatable bonds is 4. The molecule has 0 amide bonds. The van der Waals surface area contributed by atoms with Crippen LogP contribution in [-0.2, 0) is 4.79 Å². The summed E-state index contributed by atoms with van der Waals surface area (Å²) in [6, 6.07) is 9.37. The van der Waals surface area contributed by atoms with Gasteiger partial charge in [-0.2, -0.15) is 0 Å². The highest BCUT2D eigenvalue weighted by Crippen LogP contribution is 2.49. The van der Waals surface area contributed by atoms with Crippen LogP contribution in [0.3, 0.4) is 0 Å². The number of carboxylic acid groups (broad SMARTS) is 1. The SMILES string of the molecule is CCC1c2c([nH]c3ccccc23)C2CCCCN2C1CCC(=O)O. The van der Waals surface area contributed by atoms with Crippen LogP contribution in [0.5, 0.6) is 0 Å². The summed E-state index contributed by atoms with van der Waals surface area (Å²) in [5.74, 6) is -0.256. The van der Waals surface area contributed by atoms with Crippen LogP contribution in [0.2, 0.25) is 0 Å². The molecule has 0 spiro atoms. The number of carbonyl (C=O) groups is 1. The van der Waals surface area contributed by atoms with Gasteiger partial charge in [-0.15, -0.1) is 0 Å². The zero-order valence-electron chi connectivity index (χ0n) is 14.3. The summed E-state index contributed by atoms with van der Waals surface area (Å²) in [4.78, 5) is 17.5. The number of hydrogen-bond donors (Lipinski definition) is 2. The van der Waals surface area contributed by atoms with Crippen molar-refractivity contribution in [1.82, 2.24) is 9.88 Å². The summed E-state index contributed by atoms with van der Waals surface area (Å²) >= 11 is 0. The number of benzene rings is 1. The van der Waals surface area contributed by atoms with Gasteiger partial charge in [0.05, 0.1) is 6.04 Å². The number of piperidine rings is 1. The van der Waals surface area contributed by atoms with Gasteiger partial charge in [-0.3, -0.25) is 9.69 Å². The monoisotopic (exact) mass is 326 g/mol. The van der Waals surface area contributed by atoms with E-state index in [0.29, 0.717) is 18.0 Å². The molecule has 1 fully saturated rings. The average molecular weight is 326 g/mol. The molecule has 3 unspecified atom stereocenters. The van der Waals surface area contributed by atoms with E-state index in [1.54, 1.807) is 0 Å². The predicted molar refractivity (Wildman–Crippen MR) is 95.3 cm³/mol. The van der Waals surface area contributed by atoms with Crippen LogP contribution in [0.4, 0.5) is 0 Å². The molecule has 1 saturated heterocycles. The first-order valence-corrected chi connectivity index (χ1v) is 9.28. The van der Waals surface area contributed by atoms with Gasteiger partial charge in [0.2, 0.25) is 0 Å². The number of nitrogens with zero attached hydrogens (tertiary/aromatic N) is 1. The summed E-state index contributed by atoms with van der Waals surface area (Å²) in [7, 11) is 0. The van der Waals surface area contributed by atoms with Crippen LogP contribution < -0.4 is 0 Å². The van der Waals surface area contributed by atoms with Crippen LogP contribution in [0.25, 0.3) is 10.9 Å². The number of fused-ring (bicyclic) bond motifs is 5. The standard InChI is InChI=1S/C20H26N2O2/c1-2-13-16(10-11-18(23)24)22-12-6-5-9-17(22)20-19(13)14-7-3-4-8-15(14)21-20/h3-4,7-8,13,16-17,21H,2,5-6,9-12H2,1H3,(H,23,24). The quantitative estimate of drug-likeness (QED) is 0.873. The maximum Gasteiger partial charge on any atom is 0.303 e. The van der Waals surface area contributed by atoms with Gasteiger partial charge in [-0.05, 0) is 43.9 Å². The van der Waals surface area contributed by atoms with E-state index in [9.17, 15) is 9.90 Å². The molecule has 2 aromatic rings. The molecule has 2 aliphatic rings. The molecular weight excluding hydrogens is 300 g/mol. The predicted octanol–water partition coefficient (Wildman–Crippen LogP) is 4.44. The van der Waals surface area contributed by atoms with Crippen LogP contribution in [0.1, 0.15) is 68.7 Å². The number of hydrogen-bond acceptors (Lipinski definition) is 2. The van der Waals surface area contributed by atoms with Crippen LogP contribution in [-0.4, -0.2) is 33.5 Å². The maximum atomic E-state index is 11.2. The normalized spacial score (nSPS) is 27.0. The average Bonchev–Trinajstić information content (AvgIpc) is 2.99. The molecule has 0 saturated carbocycles. The molecular formula is C20H26N2O2. The van der Waals surface area contributed by atoms with E-state index in [-0.39, 0.29) is 6.42 Å². The smallest absolute Gasteiger partial charge is 0.303 e. The summed E-state index contributed by atoms with van der Waals surface area (Å²) in [5, 5.41) is 10.5. The first kappa shape index (κ1) is 15.7. The molecule has 3 atom stereocenters. The zero-order valence-corrected chi connectivity index (χ0v) is 14.3. The highest BCUT2D eigenvalue weighted by atomic mass is 16.4. The van der Waals surface area contributed by atoms with E-state index < -0.39 is 5.97 Å². The Morgan fingerprint density at radius 3 is 2.96 bits per heavy atom. The Morgan fingerprint density at radius 2 is 2.17 bits per heavy atom. The Balaban J connectivity index is 1.83. The second-order valence-electron chi connectivity index (χ2n) is 7.26. The van der Waals surface area contributed by atoms with Gasteiger partial charge in [0.1, 0.15) is 0 Å². The lowest BCUT2D eigenvalue weighted by molar-refractivity contribution is -0.137. The molecule has 24 heavy (non-hydrogen) atoms. The minimum absolute atomic E-state index is 0.266. The second-order valence-corrected chi connectivity index (χ2v) is 7.26. The Labute approximate surface area is 142 Å². The van der Waals surface area contributed by atoms with Crippen molar-refractivity contribution in [1.29, 1.82) is 0 Å². The van der Waals surface area contributed by atoms with Crippen LogP contribution in [0, 0.1) is 0 Å². The number of aromatic nitrogens is 1. The first-order valence-electron chi connectivity index (χ1n) is 9.28. The van der Waals surface area contributed by atoms with Crippen molar-refractivity contribution in [3.8, 4) is 0 Å². The zero-order chi connectivity index (χ0) is 16.7. The van der Waals surface area contributed by atoms with Crippen molar-refractivity contribution in [2.45, 2.75) is 63.5 Å². The van der Waals surface area contributed by atoms with Crippen LogP contribution >= 0.6 is 0 Å². The molecule has 128 valence electrons. The van der Waals surface area contributed by atoms with Crippen LogP contribution in [0.15, 0.2) is 24.3 Å². The third-order valence-electron chi connectivity index (χ3n) is 6.01. The lowest BCUT2D eigenvalue weighted by atomic mass is 9.76. The molecule has 0 aliphatic carbocycles. The molecule has 0 bridgehead atoms. The number of para-hydroxylation sites is 1. The van der Waals surface area contributed by atoms with Crippen molar-refractivity contribution < 1.29 is 9.90 Å². The minimum atomic E-state index is -0.678. The number of aliphatic carboxylic acids is 1. The molecule has 3 heterocycles. The number of nitrogens with one attached hydrogen (secondary N) is 1. The summed E-state index contributed by atoms with van der Waals surface area (Å²) in [6.07, 6.45) is 5.75. The molecule has 4 heteroatoms. The highest BCUT2D eigenvalue weighted by Gasteiger charge is 2.42. The number of carboxylic acids is 1. The molecule has 2 N–H and O–H groups in total. The van der Waals surface area contributed by atoms with E-state index in [1.165, 1.54) is 41.4 Å². The van der Waals surface area contributed by atoms with E-state index in [1.807, 2.05) is 0 Å². The van der Waals surface area contributed by atoms with Gasteiger partial charge in [0.15, 0.2) is 0 Å². The van der Waals surface area contributed by atoms with Gasteiger partial charge < -0.3 is 10.1 Å². The lowest BCUT2D eigenvalue weighted by Crippen LogP contribution is -2.48. The fourth-order valence-electron chi connectivity index (χ4n) is 5.05. The van der Waals surface area contributed by atoms with Crippen molar-refractivity contribution in [3.63, 3.8) is 0 Å². The molecule has 4 nitrogen and oxygen atoms in total. The Bertz CT molecular complexity index is 751. The van der Waals surface area contributed by atoms with E-state index in [4.69, 9.17) is 0 Å². The Morgan fingerprint density at radius 1 is 1.33 bits per heavy atom. The Hall–Kier alpha value is -1.81.